The van der Waals surface area contributed by atoms with E-state index in [0.717, 1.165) is 25.9 Å². The van der Waals surface area contributed by atoms with Crippen LogP contribution in [0.3, 0.4) is 0 Å². The van der Waals surface area contributed by atoms with Crippen LogP contribution in [0.5, 0.6) is 0 Å². The van der Waals surface area contributed by atoms with Gasteiger partial charge in [0.2, 0.25) is 12.2 Å². The number of fused-ring (bicyclic) bond motifs is 2. The molecule has 2 bridgehead atoms. The van der Waals surface area contributed by atoms with Crippen LogP contribution in [0.1, 0.15) is 40.5 Å². The smallest absolute Gasteiger partial charge is 0.315 e. The van der Waals surface area contributed by atoms with E-state index >= 15 is 0 Å². The third-order valence-corrected chi connectivity index (χ3v) is 5.81. The number of likely N-dealkylation sites (N-methyl/N-ethyl adjacent to an activating group) is 1. The first-order valence-electron chi connectivity index (χ1n) is 10.1. The Labute approximate surface area is 166 Å². The maximum atomic E-state index is 13.1. The van der Waals surface area contributed by atoms with Gasteiger partial charge in [-0.05, 0) is 40.7 Å². The maximum absolute atomic E-state index is 13.1. The molecule has 0 N–H and O–H groups in total. The van der Waals surface area contributed by atoms with Gasteiger partial charge in [0, 0.05) is 33.1 Å². The highest BCUT2D eigenvalue weighted by atomic mass is 16.7. The van der Waals surface area contributed by atoms with Crippen molar-refractivity contribution in [1.29, 1.82) is 0 Å². The normalized spacial score (nSPS) is 31.5. The summed E-state index contributed by atoms with van der Waals surface area (Å²) in [5.41, 5.74) is -0.684. The second kappa shape index (κ2) is 7.99. The number of carbonyl (C=O) groups excluding carboxylic acids is 3. The molecule has 8 heteroatoms. The number of rotatable bonds is 4. The lowest BCUT2D eigenvalue weighted by molar-refractivity contribution is -0.195. The molecule has 158 valence electrons. The van der Waals surface area contributed by atoms with Gasteiger partial charge in [-0.3, -0.25) is 14.4 Å². The average molecular weight is 396 g/mol. The van der Waals surface area contributed by atoms with Crippen molar-refractivity contribution in [3.05, 3.63) is 0 Å². The molecule has 3 rings (SSSR count). The first kappa shape index (κ1) is 21.0. The molecule has 0 aromatic heterocycles. The van der Waals surface area contributed by atoms with Crippen LogP contribution < -0.4 is 0 Å². The number of carbonyl (C=O) groups is 3. The van der Waals surface area contributed by atoms with E-state index < -0.39 is 35.5 Å². The second-order valence-electron chi connectivity index (χ2n) is 9.13. The van der Waals surface area contributed by atoms with Crippen molar-refractivity contribution in [3.8, 4) is 0 Å². The van der Waals surface area contributed by atoms with Crippen molar-refractivity contribution in [2.24, 2.45) is 17.3 Å². The molecule has 3 saturated heterocycles. The predicted octanol–water partition coefficient (Wildman–Crippen LogP) is 1.03. The molecule has 5 unspecified atom stereocenters. The lowest BCUT2D eigenvalue weighted by Crippen LogP contribution is -2.52. The highest BCUT2D eigenvalue weighted by Crippen LogP contribution is 2.45. The van der Waals surface area contributed by atoms with Crippen molar-refractivity contribution >= 4 is 17.8 Å². The van der Waals surface area contributed by atoms with Gasteiger partial charge in [-0.2, -0.15) is 0 Å². The predicted molar refractivity (Wildman–Crippen MR) is 100 cm³/mol. The minimum atomic E-state index is -1.00. The quantitative estimate of drug-likeness (QED) is 0.518. The lowest BCUT2D eigenvalue weighted by atomic mass is 9.78. The number of ether oxygens (including phenoxy) is 3. The fraction of sp³-hybridized carbons (Fsp3) is 0.850. The summed E-state index contributed by atoms with van der Waals surface area (Å²) in [5, 5.41) is 0. The van der Waals surface area contributed by atoms with E-state index in [1.807, 2.05) is 11.9 Å². The average Bonchev–Trinajstić information content (AvgIpc) is 3.22. The summed E-state index contributed by atoms with van der Waals surface area (Å²) < 4.78 is 16.5. The van der Waals surface area contributed by atoms with Crippen molar-refractivity contribution in [2.75, 3.05) is 33.2 Å². The van der Waals surface area contributed by atoms with E-state index in [9.17, 15) is 14.4 Å². The molecule has 1 amide bonds. The minimum absolute atomic E-state index is 0.0263. The molecule has 3 fully saturated rings. The third-order valence-electron chi connectivity index (χ3n) is 5.81. The zero-order chi connectivity index (χ0) is 20.6. The van der Waals surface area contributed by atoms with Crippen LogP contribution in [0.2, 0.25) is 0 Å². The van der Waals surface area contributed by atoms with Crippen LogP contribution in [0.4, 0.5) is 0 Å². The number of esters is 2. The van der Waals surface area contributed by atoms with Gasteiger partial charge in [0.1, 0.15) is 0 Å². The van der Waals surface area contributed by atoms with E-state index in [0.29, 0.717) is 13.1 Å². The van der Waals surface area contributed by atoms with Crippen molar-refractivity contribution in [1.82, 2.24) is 9.80 Å². The minimum Gasteiger partial charge on any atom is -0.425 e. The Bertz CT molecular complexity index is 623. The number of hydrogen-bond donors (Lipinski definition) is 0. The summed E-state index contributed by atoms with van der Waals surface area (Å²) in [6.45, 7) is 9.68. The Morgan fingerprint density at radius 2 is 1.54 bits per heavy atom. The van der Waals surface area contributed by atoms with Crippen LogP contribution in [0.15, 0.2) is 0 Å². The summed E-state index contributed by atoms with van der Waals surface area (Å²) >= 11 is 0. The molecule has 0 spiro atoms. The van der Waals surface area contributed by atoms with Gasteiger partial charge >= 0.3 is 11.9 Å². The second-order valence-corrected chi connectivity index (χ2v) is 9.13. The molecule has 0 saturated carbocycles. The number of hydrogen-bond acceptors (Lipinski definition) is 7. The largest absolute Gasteiger partial charge is 0.425 e. The molecule has 0 aliphatic carbocycles. The number of amides is 1. The summed E-state index contributed by atoms with van der Waals surface area (Å²) in [5.74, 6) is -2.14. The Kier molecular flexibility index (Phi) is 6.00. The van der Waals surface area contributed by atoms with Gasteiger partial charge in [-0.15, -0.1) is 0 Å². The van der Waals surface area contributed by atoms with E-state index in [1.54, 1.807) is 20.8 Å². The molecule has 0 aromatic rings. The highest BCUT2D eigenvalue weighted by molar-refractivity contribution is 5.87. The lowest BCUT2D eigenvalue weighted by Gasteiger charge is -2.36. The van der Waals surface area contributed by atoms with E-state index in [1.165, 1.54) is 6.92 Å². The van der Waals surface area contributed by atoms with Gasteiger partial charge in [0.25, 0.3) is 0 Å². The third kappa shape index (κ3) is 4.33. The summed E-state index contributed by atoms with van der Waals surface area (Å²) in [6, 6.07) is 0. The molecule has 3 aliphatic heterocycles. The van der Waals surface area contributed by atoms with E-state index in [2.05, 4.69) is 4.90 Å². The summed E-state index contributed by atoms with van der Waals surface area (Å²) in [6.07, 6.45) is -0.00963. The van der Waals surface area contributed by atoms with Gasteiger partial charge in [0.15, 0.2) is 0 Å². The molecule has 0 radical (unpaired) electrons. The molecule has 8 nitrogen and oxygen atoms in total. The SMILES string of the molecule is CC(OC(=O)C1C2CCC(O2)C1C(=O)N1CCN(C)CC1)OC(=O)C(C)(C)C. The van der Waals surface area contributed by atoms with Crippen LogP contribution >= 0.6 is 0 Å². The van der Waals surface area contributed by atoms with Gasteiger partial charge in [-0.1, -0.05) is 0 Å². The molecule has 3 heterocycles. The zero-order valence-corrected chi connectivity index (χ0v) is 17.5. The fourth-order valence-electron chi connectivity index (χ4n) is 4.12. The molecule has 0 aromatic carbocycles. The standard InChI is InChI=1S/C20H32N2O6/c1-12(27-19(25)20(2,3)4)26-18(24)16-14-7-6-13(28-14)15(16)17(23)22-10-8-21(5)9-11-22/h12-16H,6-11H2,1-5H3. The molecule has 28 heavy (non-hydrogen) atoms. The molecular weight excluding hydrogens is 364 g/mol. The van der Waals surface area contributed by atoms with Gasteiger partial charge in [0.05, 0.1) is 29.5 Å². The van der Waals surface area contributed by atoms with Crippen molar-refractivity contribution in [2.45, 2.75) is 59.0 Å². The number of piperazine rings is 1. The van der Waals surface area contributed by atoms with E-state index in [4.69, 9.17) is 14.2 Å². The first-order valence-corrected chi connectivity index (χ1v) is 10.1. The van der Waals surface area contributed by atoms with E-state index in [-0.39, 0.29) is 18.1 Å². The molecule has 5 atom stereocenters. The highest BCUT2D eigenvalue weighted by Gasteiger charge is 2.57. The van der Waals surface area contributed by atoms with Crippen LogP contribution in [0, 0.1) is 17.3 Å². The van der Waals surface area contributed by atoms with Crippen LogP contribution in [-0.2, 0) is 28.6 Å². The van der Waals surface area contributed by atoms with Crippen LogP contribution in [0.25, 0.3) is 0 Å². The topological polar surface area (TPSA) is 85.4 Å². The first-order chi connectivity index (χ1) is 13.1. The Morgan fingerprint density at radius 3 is 2.11 bits per heavy atom. The Hall–Kier alpha value is -1.67. The Morgan fingerprint density at radius 1 is 0.964 bits per heavy atom. The number of nitrogens with zero attached hydrogens (tertiary/aromatic N) is 2. The maximum Gasteiger partial charge on any atom is 0.315 e. The molecular formula is C20H32N2O6. The van der Waals surface area contributed by atoms with Crippen molar-refractivity contribution < 1.29 is 28.6 Å². The summed E-state index contributed by atoms with van der Waals surface area (Å²) in [7, 11) is 2.03. The molecule has 3 aliphatic rings. The van der Waals surface area contributed by atoms with Gasteiger partial charge in [-0.25, -0.2) is 0 Å². The zero-order valence-electron chi connectivity index (χ0n) is 17.5. The van der Waals surface area contributed by atoms with Crippen LogP contribution in [-0.4, -0.2) is 79.4 Å². The summed E-state index contributed by atoms with van der Waals surface area (Å²) in [4.78, 5) is 42.0. The fourth-order valence-corrected chi connectivity index (χ4v) is 4.12. The van der Waals surface area contributed by atoms with Crippen molar-refractivity contribution in [3.63, 3.8) is 0 Å². The monoisotopic (exact) mass is 396 g/mol. The Balaban J connectivity index is 1.64. The van der Waals surface area contributed by atoms with Gasteiger partial charge < -0.3 is 24.0 Å².